The Kier molecular flexibility index (Phi) is 4.38. The third kappa shape index (κ3) is 3.04. The SMILES string of the molecule is CCN(CCC#N)c1ccc(N=C2C(C)=Nn3nc(C)nc32)cc1. The molecule has 122 valence electrons. The molecule has 7 nitrogen and oxygen atoms in total. The molecule has 0 bridgehead atoms. The van der Waals surface area contributed by atoms with Crippen molar-refractivity contribution >= 4 is 22.8 Å². The second-order valence-electron chi connectivity index (χ2n) is 5.52. The molecule has 0 radical (unpaired) electrons. The monoisotopic (exact) mass is 321 g/mol. The summed E-state index contributed by atoms with van der Waals surface area (Å²) in [6.45, 7) is 7.42. The average Bonchev–Trinajstić information content (AvgIpc) is 3.06. The molecule has 3 rings (SSSR count). The molecule has 0 atom stereocenters. The van der Waals surface area contributed by atoms with Crippen molar-refractivity contribution in [3.05, 3.63) is 35.9 Å². The van der Waals surface area contributed by atoms with E-state index in [0.717, 1.165) is 35.9 Å². The quantitative estimate of drug-likeness (QED) is 0.847. The molecule has 1 aliphatic heterocycles. The molecule has 0 saturated heterocycles. The number of rotatable bonds is 5. The number of anilines is 1. The number of hydrogen-bond donors (Lipinski definition) is 0. The summed E-state index contributed by atoms with van der Waals surface area (Å²) < 4.78 is 0. The Morgan fingerprint density at radius 3 is 2.67 bits per heavy atom. The van der Waals surface area contributed by atoms with E-state index in [1.807, 2.05) is 38.1 Å². The van der Waals surface area contributed by atoms with Crippen LogP contribution >= 0.6 is 0 Å². The van der Waals surface area contributed by atoms with Crippen molar-refractivity contribution in [2.24, 2.45) is 10.1 Å². The van der Waals surface area contributed by atoms with E-state index in [-0.39, 0.29) is 0 Å². The van der Waals surface area contributed by atoms with E-state index in [9.17, 15) is 0 Å². The van der Waals surface area contributed by atoms with Crippen molar-refractivity contribution in [3.63, 3.8) is 0 Å². The van der Waals surface area contributed by atoms with Crippen LogP contribution in [0, 0.1) is 18.3 Å². The Hall–Kier alpha value is -3.01. The maximum atomic E-state index is 8.75. The molecule has 1 aromatic carbocycles. The van der Waals surface area contributed by atoms with Gasteiger partial charge in [0.05, 0.1) is 23.9 Å². The molecule has 0 saturated carbocycles. The van der Waals surface area contributed by atoms with Crippen LogP contribution in [0.25, 0.3) is 0 Å². The lowest BCUT2D eigenvalue weighted by Crippen LogP contribution is -2.23. The summed E-state index contributed by atoms with van der Waals surface area (Å²) in [4.78, 5) is 12.7. The Balaban J connectivity index is 1.84. The van der Waals surface area contributed by atoms with Crippen LogP contribution in [0.3, 0.4) is 0 Å². The maximum Gasteiger partial charge on any atom is 0.204 e. The van der Waals surface area contributed by atoms with E-state index in [2.05, 4.69) is 38.1 Å². The van der Waals surface area contributed by atoms with E-state index in [1.165, 1.54) is 4.79 Å². The highest BCUT2D eigenvalue weighted by atomic mass is 15.6. The number of nitrogens with zero attached hydrogens (tertiary/aromatic N) is 7. The van der Waals surface area contributed by atoms with E-state index in [1.54, 1.807) is 0 Å². The first-order valence-corrected chi connectivity index (χ1v) is 7.93. The molecular formula is C17H19N7. The van der Waals surface area contributed by atoms with Crippen LogP contribution in [-0.2, 0) is 0 Å². The molecule has 2 aromatic rings. The number of aliphatic imine (C=N–C) groups is 1. The van der Waals surface area contributed by atoms with Crippen LogP contribution in [0.15, 0.2) is 34.4 Å². The average molecular weight is 321 g/mol. The maximum absolute atomic E-state index is 8.75. The molecule has 0 aliphatic carbocycles. The molecule has 0 N–H and O–H groups in total. The lowest BCUT2D eigenvalue weighted by molar-refractivity contribution is 0.736. The van der Waals surface area contributed by atoms with Crippen LogP contribution in [0.2, 0.25) is 0 Å². The summed E-state index contributed by atoms with van der Waals surface area (Å²) in [5, 5.41) is 17.3. The topological polar surface area (TPSA) is 82.5 Å². The highest BCUT2D eigenvalue weighted by Gasteiger charge is 2.23. The van der Waals surface area contributed by atoms with Gasteiger partial charge in [-0.2, -0.15) is 10.4 Å². The zero-order valence-corrected chi connectivity index (χ0v) is 14.1. The zero-order chi connectivity index (χ0) is 17.1. The first kappa shape index (κ1) is 15.9. The van der Waals surface area contributed by atoms with Crippen molar-refractivity contribution in [1.29, 1.82) is 5.26 Å². The van der Waals surface area contributed by atoms with Crippen molar-refractivity contribution in [1.82, 2.24) is 14.9 Å². The summed E-state index contributed by atoms with van der Waals surface area (Å²) >= 11 is 0. The van der Waals surface area contributed by atoms with Gasteiger partial charge in [0, 0.05) is 18.8 Å². The van der Waals surface area contributed by atoms with Crippen molar-refractivity contribution < 1.29 is 0 Å². The van der Waals surface area contributed by atoms with Gasteiger partial charge in [-0.05, 0) is 45.0 Å². The Labute approximate surface area is 141 Å². The second kappa shape index (κ2) is 6.62. The highest BCUT2D eigenvalue weighted by molar-refractivity contribution is 6.48. The summed E-state index contributed by atoms with van der Waals surface area (Å²) in [6, 6.07) is 10.2. The van der Waals surface area contributed by atoms with Gasteiger partial charge in [-0.3, -0.25) is 0 Å². The van der Waals surface area contributed by atoms with Gasteiger partial charge in [-0.15, -0.1) is 9.89 Å². The van der Waals surface area contributed by atoms with E-state index in [4.69, 9.17) is 5.26 Å². The molecule has 0 fully saturated rings. The third-order valence-corrected chi connectivity index (χ3v) is 3.83. The number of nitriles is 1. The van der Waals surface area contributed by atoms with E-state index >= 15 is 0 Å². The lowest BCUT2D eigenvalue weighted by atomic mass is 10.2. The molecule has 0 unspecified atom stereocenters. The van der Waals surface area contributed by atoms with Gasteiger partial charge < -0.3 is 4.90 Å². The van der Waals surface area contributed by atoms with Gasteiger partial charge in [0.25, 0.3) is 0 Å². The normalized spacial score (nSPS) is 14.4. The van der Waals surface area contributed by atoms with Crippen molar-refractivity contribution in [3.8, 4) is 6.07 Å². The standard InChI is InChI=1S/C17H19N7/c1-4-23(11-5-10-18)15-8-6-14(7-9-15)20-16-12(2)21-24-17(16)19-13(3)22-24/h6-9H,4-5,11H2,1-3H3. The minimum Gasteiger partial charge on any atom is -0.371 e. The smallest absolute Gasteiger partial charge is 0.204 e. The number of benzene rings is 1. The van der Waals surface area contributed by atoms with Gasteiger partial charge in [0.2, 0.25) is 5.82 Å². The van der Waals surface area contributed by atoms with Crippen LogP contribution < -0.4 is 4.90 Å². The fourth-order valence-corrected chi connectivity index (χ4v) is 2.63. The van der Waals surface area contributed by atoms with Gasteiger partial charge in [-0.25, -0.2) is 9.98 Å². The molecule has 2 heterocycles. The van der Waals surface area contributed by atoms with Crippen LogP contribution in [0.1, 0.15) is 31.9 Å². The number of aromatic nitrogens is 3. The predicted molar refractivity (Wildman–Crippen MR) is 94.0 cm³/mol. The summed E-state index contributed by atoms with van der Waals surface area (Å²) in [5.41, 5.74) is 3.49. The minimum atomic E-state index is 0.516. The first-order chi connectivity index (χ1) is 11.6. The van der Waals surface area contributed by atoms with Gasteiger partial charge in [0.15, 0.2) is 5.82 Å². The van der Waals surface area contributed by atoms with Gasteiger partial charge >= 0.3 is 0 Å². The summed E-state index contributed by atoms with van der Waals surface area (Å²) in [7, 11) is 0. The third-order valence-electron chi connectivity index (χ3n) is 3.83. The van der Waals surface area contributed by atoms with Crippen molar-refractivity contribution in [2.45, 2.75) is 27.2 Å². The molecule has 24 heavy (non-hydrogen) atoms. The molecule has 1 aliphatic rings. The minimum absolute atomic E-state index is 0.516. The Bertz CT molecular complexity index is 837. The summed E-state index contributed by atoms with van der Waals surface area (Å²) in [5.74, 6) is 1.36. The number of hydrogen-bond acceptors (Lipinski definition) is 6. The van der Waals surface area contributed by atoms with Crippen LogP contribution in [0.5, 0.6) is 0 Å². The van der Waals surface area contributed by atoms with Gasteiger partial charge in [-0.1, -0.05) is 0 Å². The lowest BCUT2D eigenvalue weighted by Gasteiger charge is -2.21. The highest BCUT2D eigenvalue weighted by Crippen LogP contribution is 2.22. The Morgan fingerprint density at radius 1 is 1.25 bits per heavy atom. The number of fused-ring (bicyclic) bond motifs is 1. The molecule has 0 amide bonds. The number of aryl methyl sites for hydroxylation is 1. The first-order valence-electron chi connectivity index (χ1n) is 7.93. The van der Waals surface area contributed by atoms with Gasteiger partial charge in [0.1, 0.15) is 5.71 Å². The van der Waals surface area contributed by atoms with Crippen molar-refractivity contribution in [2.75, 3.05) is 18.0 Å². The molecule has 1 aromatic heterocycles. The predicted octanol–water partition coefficient (Wildman–Crippen LogP) is 2.68. The fourth-order valence-electron chi connectivity index (χ4n) is 2.63. The molecule has 0 spiro atoms. The zero-order valence-electron chi connectivity index (χ0n) is 14.1. The molecular weight excluding hydrogens is 302 g/mol. The van der Waals surface area contributed by atoms with E-state index < -0.39 is 0 Å². The van der Waals surface area contributed by atoms with Crippen LogP contribution in [0.4, 0.5) is 11.4 Å². The van der Waals surface area contributed by atoms with E-state index in [0.29, 0.717) is 18.1 Å². The van der Waals surface area contributed by atoms with Crippen LogP contribution in [-0.4, -0.2) is 39.4 Å². The fraction of sp³-hybridized carbons (Fsp3) is 0.353. The molecule has 7 heteroatoms. The second-order valence-corrected chi connectivity index (χ2v) is 5.52. The largest absolute Gasteiger partial charge is 0.371 e. The summed E-state index contributed by atoms with van der Waals surface area (Å²) in [6.07, 6.45) is 0.516. The Morgan fingerprint density at radius 2 is 2.00 bits per heavy atom.